The standard InChI is InChI=1S/C43H50F2N12O5/c1-51-21-22-62-26-35(51)31-14-16-55-40(47-31)30(23-46-55)41(59)48-32-25-56(50-37(32)39(44)45)29-10-8-27(9-11-29)24-54-19-17-53(18-20-54)15-4-6-28-5-3-7-33-38(28)52(2)43(61)57(33)34-12-13-36(58)49-42(34)60/h3,5,7,14,16,23,25,27,29,34-35,39H,8-13,15,17-22,24,26H2,1-2H3,(H,48,59)(H,49,58,60). The smallest absolute Gasteiger partial charge is 0.329 e. The van der Waals surface area contributed by atoms with Gasteiger partial charge in [0, 0.05) is 65.1 Å². The summed E-state index contributed by atoms with van der Waals surface area (Å²) in [5.74, 6) is 5.67. The van der Waals surface area contributed by atoms with Gasteiger partial charge in [0.05, 0.1) is 66.0 Å². The monoisotopic (exact) mass is 852 g/mol. The van der Waals surface area contributed by atoms with E-state index in [0.29, 0.717) is 47.9 Å². The van der Waals surface area contributed by atoms with Gasteiger partial charge in [0.25, 0.3) is 12.3 Å². The lowest BCUT2D eigenvalue weighted by Crippen LogP contribution is -2.48. The van der Waals surface area contributed by atoms with E-state index in [4.69, 9.17) is 9.72 Å². The third kappa shape index (κ3) is 8.27. The quantitative estimate of drug-likeness (QED) is 0.165. The number of piperidine rings is 1. The van der Waals surface area contributed by atoms with Crippen molar-refractivity contribution in [1.29, 1.82) is 0 Å². The summed E-state index contributed by atoms with van der Waals surface area (Å²) in [6.07, 6.45) is 5.73. The molecule has 326 valence electrons. The first kappa shape index (κ1) is 41.5. The lowest BCUT2D eigenvalue weighted by Gasteiger charge is -2.37. The maximum atomic E-state index is 14.3. The second-order valence-corrected chi connectivity index (χ2v) is 16.8. The average molecular weight is 853 g/mol. The molecule has 3 saturated heterocycles. The van der Waals surface area contributed by atoms with E-state index in [9.17, 15) is 28.0 Å². The fraction of sp³-hybridized carbons (Fsp3) is 0.512. The van der Waals surface area contributed by atoms with E-state index in [2.05, 4.69) is 47.4 Å². The van der Waals surface area contributed by atoms with E-state index >= 15 is 0 Å². The molecule has 0 radical (unpaired) electrons. The van der Waals surface area contributed by atoms with Crippen molar-refractivity contribution in [3.05, 3.63) is 75.9 Å². The summed E-state index contributed by atoms with van der Waals surface area (Å²) in [6, 6.07) is 6.48. The van der Waals surface area contributed by atoms with Crippen molar-refractivity contribution in [1.82, 2.24) is 53.5 Å². The predicted octanol–water partition coefficient (Wildman–Crippen LogP) is 3.15. The minimum atomic E-state index is -2.87. The number of likely N-dealkylation sites (N-methyl/N-ethyl adjacent to an activating group) is 1. The van der Waals surface area contributed by atoms with Gasteiger partial charge in [-0.15, -0.1) is 0 Å². The van der Waals surface area contributed by atoms with E-state index in [1.165, 1.54) is 26.0 Å². The van der Waals surface area contributed by atoms with Crippen LogP contribution in [0.15, 0.2) is 47.7 Å². The zero-order valence-electron chi connectivity index (χ0n) is 34.8. The largest absolute Gasteiger partial charge is 0.378 e. The molecule has 4 aromatic heterocycles. The SMILES string of the molecule is CN1CCOCC1c1ccn2ncc(C(=O)Nc3cn(C4CCC(CN5CCN(CC#Cc6cccc7c6n(C)c(=O)n7C6CCC(=O)NC6=O)CC5)CC4)nc3C(F)F)c2n1. The maximum absolute atomic E-state index is 14.3. The Kier molecular flexibility index (Phi) is 11.7. The number of morpholine rings is 1. The fourth-order valence-corrected chi connectivity index (χ4v) is 9.37. The van der Waals surface area contributed by atoms with Crippen molar-refractivity contribution in [2.75, 3.05) is 71.4 Å². The number of piperazine rings is 1. The van der Waals surface area contributed by atoms with Crippen molar-refractivity contribution in [2.45, 2.75) is 63.1 Å². The zero-order valence-corrected chi connectivity index (χ0v) is 34.8. The Hall–Kier alpha value is -5.81. The van der Waals surface area contributed by atoms with E-state index in [1.807, 2.05) is 25.2 Å². The van der Waals surface area contributed by atoms with E-state index in [-0.39, 0.29) is 47.8 Å². The van der Waals surface area contributed by atoms with Crippen molar-refractivity contribution in [2.24, 2.45) is 13.0 Å². The third-order valence-corrected chi connectivity index (χ3v) is 12.9. The molecule has 17 nitrogen and oxygen atoms in total. The molecular weight excluding hydrogens is 803 g/mol. The topological polar surface area (TPSA) is 169 Å². The van der Waals surface area contributed by atoms with Gasteiger partial charge in [0.2, 0.25) is 11.8 Å². The third-order valence-electron chi connectivity index (χ3n) is 12.9. The minimum Gasteiger partial charge on any atom is -0.378 e. The molecule has 2 atom stereocenters. The number of hydrogen-bond donors (Lipinski definition) is 2. The van der Waals surface area contributed by atoms with Crippen molar-refractivity contribution in [3.63, 3.8) is 0 Å². The zero-order chi connectivity index (χ0) is 43.1. The predicted molar refractivity (Wildman–Crippen MR) is 224 cm³/mol. The normalized spacial score (nSPS) is 23.2. The summed E-state index contributed by atoms with van der Waals surface area (Å²) in [5, 5.41) is 13.6. The first-order valence-corrected chi connectivity index (χ1v) is 21.3. The molecule has 2 unspecified atom stereocenters. The van der Waals surface area contributed by atoms with Crippen LogP contribution < -0.4 is 16.3 Å². The number of fused-ring (bicyclic) bond motifs is 2. The number of alkyl halides is 2. The van der Waals surface area contributed by atoms with E-state index < -0.39 is 30.0 Å². The van der Waals surface area contributed by atoms with E-state index in [0.717, 1.165) is 70.6 Å². The summed E-state index contributed by atoms with van der Waals surface area (Å²) in [6.45, 7) is 6.98. The number of rotatable bonds is 9. The Balaban J connectivity index is 0.771. The highest BCUT2D eigenvalue weighted by atomic mass is 19.3. The summed E-state index contributed by atoms with van der Waals surface area (Å²) in [7, 11) is 3.67. The second-order valence-electron chi connectivity index (χ2n) is 16.8. The molecule has 1 aliphatic carbocycles. The Morgan fingerprint density at radius 2 is 1.79 bits per heavy atom. The first-order valence-electron chi connectivity index (χ1n) is 21.3. The van der Waals surface area contributed by atoms with Gasteiger partial charge in [-0.25, -0.2) is 23.1 Å². The van der Waals surface area contributed by atoms with Crippen LogP contribution in [0, 0.1) is 17.8 Å². The maximum Gasteiger partial charge on any atom is 0.329 e. The number of anilines is 1. The van der Waals surface area contributed by atoms with Crippen LogP contribution in [0.4, 0.5) is 14.5 Å². The second kappa shape index (κ2) is 17.5. The van der Waals surface area contributed by atoms with Crippen LogP contribution in [0.1, 0.15) is 90.4 Å². The molecule has 62 heavy (non-hydrogen) atoms. The molecule has 4 aliphatic rings. The van der Waals surface area contributed by atoms with Crippen LogP contribution in [0.5, 0.6) is 0 Å². The number of imide groups is 1. The van der Waals surface area contributed by atoms with Crippen LogP contribution in [0.3, 0.4) is 0 Å². The Labute approximate surface area is 356 Å². The summed E-state index contributed by atoms with van der Waals surface area (Å²) in [4.78, 5) is 62.8. The summed E-state index contributed by atoms with van der Waals surface area (Å²) in [5.41, 5.74) is 2.43. The highest BCUT2D eigenvalue weighted by Crippen LogP contribution is 2.36. The number of nitrogens with zero attached hydrogens (tertiary/aromatic N) is 10. The van der Waals surface area contributed by atoms with Crippen LogP contribution in [0.25, 0.3) is 16.7 Å². The number of para-hydroxylation sites is 1. The highest BCUT2D eigenvalue weighted by Gasteiger charge is 2.33. The Bertz CT molecular complexity index is 2620. The number of nitrogens with one attached hydrogen (secondary N) is 2. The van der Waals surface area contributed by atoms with Gasteiger partial charge in [0.15, 0.2) is 11.3 Å². The number of carbonyl (C=O) groups excluding carboxylic acids is 3. The molecule has 9 rings (SSSR count). The van der Waals surface area contributed by atoms with Gasteiger partial charge in [0.1, 0.15) is 11.6 Å². The van der Waals surface area contributed by atoms with Gasteiger partial charge < -0.3 is 15.0 Å². The van der Waals surface area contributed by atoms with Crippen molar-refractivity contribution in [3.8, 4) is 11.8 Å². The number of hydrogen-bond acceptors (Lipinski definition) is 11. The van der Waals surface area contributed by atoms with Crippen LogP contribution in [0.2, 0.25) is 0 Å². The molecule has 4 fully saturated rings. The molecular formula is C43H50F2N12O5. The van der Waals surface area contributed by atoms with Gasteiger partial charge in [-0.2, -0.15) is 10.2 Å². The molecule has 3 amide bonds. The summed E-state index contributed by atoms with van der Waals surface area (Å²) >= 11 is 0. The number of halogens is 2. The van der Waals surface area contributed by atoms with Crippen molar-refractivity contribution < 1.29 is 27.9 Å². The number of aromatic nitrogens is 7. The Morgan fingerprint density at radius 3 is 2.55 bits per heavy atom. The average Bonchev–Trinajstić information content (AvgIpc) is 3.96. The highest BCUT2D eigenvalue weighted by molar-refractivity contribution is 6.08. The molecule has 1 saturated carbocycles. The van der Waals surface area contributed by atoms with Crippen LogP contribution in [-0.4, -0.2) is 132 Å². The molecule has 1 aromatic carbocycles. The van der Waals surface area contributed by atoms with Gasteiger partial charge in [-0.05, 0) is 63.3 Å². The van der Waals surface area contributed by atoms with Gasteiger partial charge in [-0.1, -0.05) is 17.9 Å². The first-order chi connectivity index (χ1) is 30.0. The molecule has 0 bridgehead atoms. The van der Waals surface area contributed by atoms with E-state index in [1.54, 1.807) is 24.0 Å². The minimum absolute atomic E-state index is 0.0165. The molecule has 7 heterocycles. The van der Waals surface area contributed by atoms with Gasteiger partial charge in [-0.3, -0.25) is 43.3 Å². The lowest BCUT2D eigenvalue weighted by atomic mass is 9.85. The summed E-state index contributed by atoms with van der Waals surface area (Å²) < 4.78 is 40.3. The number of imidazole rings is 1. The number of aryl methyl sites for hydroxylation is 1. The number of carbonyl (C=O) groups is 3. The number of amides is 3. The van der Waals surface area contributed by atoms with Gasteiger partial charge >= 0.3 is 5.69 Å². The fourth-order valence-electron chi connectivity index (χ4n) is 9.37. The Morgan fingerprint density at radius 1 is 1.00 bits per heavy atom. The molecule has 3 aliphatic heterocycles. The molecule has 5 aromatic rings. The number of benzene rings is 1. The molecule has 2 N–H and O–H groups in total. The van der Waals surface area contributed by atoms with Crippen LogP contribution in [-0.2, 0) is 21.4 Å². The van der Waals surface area contributed by atoms with Crippen molar-refractivity contribution >= 4 is 40.1 Å². The number of ether oxygens (including phenoxy) is 1. The molecule has 19 heteroatoms. The lowest BCUT2D eigenvalue weighted by molar-refractivity contribution is -0.135. The molecule has 0 spiro atoms. The van der Waals surface area contributed by atoms with Crippen LogP contribution >= 0.6 is 0 Å².